The second kappa shape index (κ2) is 11.1. The maximum atomic E-state index is 12.7. The van der Waals surface area contributed by atoms with Gasteiger partial charge in [-0.3, -0.25) is 9.59 Å². The Bertz CT molecular complexity index is 1120. The molecule has 0 spiro atoms. The van der Waals surface area contributed by atoms with Crippen LogP contribution < -0.4 is 22.1 Å². The highest BCUT2D eigenvalue weighted by molar-refractivity contribution is 6.08. The highest BCUT2D eigenvalue weighted by Gasteiger charge is 2.39. The second-order valence-electron chi connectivity index (χ2n) is 7.79. The van der Waals surface area contributed by atoms with Gasteiger partial charge in [0, 0.05) is 13.1 Å². The van der Waals surface area contributed by atoms with Crippen LogP contribution in [0.2, 0.25) is 0 Å². The summed E-state index contributed by atoms with van der Waals surface area (Å²) in [7, 11) is 0. The Kier molecular flexibility index (Phi) is 7.99. The van der Waals surface area contributed by atoms with Crippen molar-refractivity contribution >= 4 is 28.7 Å². The Morgan fingerprint density at radius 3 is 2.27 bits per heavy atom. The number of fused-ring (bicyclic) bond motifs is 1. The van der Waals surface area contributed by atoms with E-state index in [0.717, 1.165) is 21.9 Å². The SMILES string of the molecule is NC(=O)[C@@](N)(CCCNC(=O)OCc1ccccc1)C(=O)NCc1ccc2ccccc2c1. The van der Waals surface area contributed by atoms with E-state index in [1.807, 2.05) is 72.8 Å². The molecule has 3 aromatic rings. The van der Waals surface area contributed by atoms with Gasteiger partial charge >= 0.3 is 6.09 Å². The summed E-state index contributed by atoms with van der Waals surface area (Å²) >= 11 is 0. The first-order valence-electron chi connectivity index (χ1n) is 10.7. The molecular formula is C25H28N4O4. The number of carbonyl (C=O) groups excluding carboxylic acids is 3. The molecule has 0 aromatic heterocycles. The minimum absolute atomic E-state index is 0.0230. The molecule has 0 aliphatic rings. The number of rotatable bonds is 10. The van der Waals surface area contributed by atoms with Crippen molar-refractivity contribution in [1.82, 2.24) is 10.6 Å². The van der Waals surface area contributed by atoms with Gasteiger partial charge in [-0.05, 0) is 40.8 Å². The molecule has 0 bridgehead atoms. The number of amides is 3. The van der Waals surface area contributed by atoms with Crippen molar-refractivity contribution in [2.45, 2.75) is 31.5 Å². The van der Waals surface area contributed by atoms with Gasteiger partial charge in [-0.2, -0.15) is 0 Å². The van der Waals surface area contributed by atoms with Crippen LogP contribution in [0.25, 0.3) is 10.8 Å². The van der Waals surface area contributed by atoms with E-state index in [-0.39, 0.29) is 32.5 Å². The fourth-order valence-corrected chi connectivity index (χ4v) is 3.37. The number of nitrogens with two attached hydrogens (primary N) is 2. The van der Waals surface area contributed by atoms with E-state index >= 15 is 0 Å². The zero-order valence-corrected chi connectivity index (χ0v) is 18.3. The van der Waals surface area contributed by atoms with Gasteiger partial charge in [-0.25, -0.2) is 4.79 Å². The van der Waals surface area contributed by atoms with Gasteiger partial charge in [-0.1, -0.05) is 66.7 Å². The minimum Gasteiger partial charge on any atom is -0.445 e. The van der Waals surface area contributed by atoms with Gasteiger partial charge < -0.3 is 26.8 Å². The molecule has 0 heterocycles. The normalized spacial score (nSPS) is 12.5. The topological polar surface area (TPSA) is 137 Å². The fraction of sp³-hybridized carbons (Fsp3) is 0.240. The van der Waals surface area contributed by atoms with E-state index in [2.05, 4.69) is 10.6 Å². The highest BCUT2D eigenvalue weighted by atomic mass is 16.5. The predicted octanol–water partition coefficient (Wildman–Crippen LogP) is 2.35. The smallest absolute Gasteiger partial charge is 0.407 e. The Labute approximate surface area is 192 Å². The van der Waals surface area contributed by atoms with Crippen LogP contribution in [0.5, 0.6) is 0 Å². The summed E-state index contributed by atoms with van der Waals surface area (Å²) in [6.07, 6.45) is -0.352. The molecule has 172 valence electrons. The van der Waals surface area contributed by atoms with Crippen LogP contribution in [-0.4, -0.2) is 30.0 Å². The van der Waals surface area contributed by atoms with Gasteiger partial charge in [0.05, 0.1) is 0 Å². The Morgan fingerprint density at radius 1 is 0.848 bits per heavy atom. The number of carbonyl (C=O) groups is 3. The summed E-state index contributed by atoms with van der Waals surface area (Å²) in [6.45, 7) is 0.531. The molecule has 0 unspecified atom stereocenters. The number of hydrogen-bond acceptors (Lipinski definition) is 5. The molecule has 6 N–H and O–H groups in total. The Balaban J connectivity index is 1.46. The molecule has 3 aromatic carbocycles. The minimum atomic E-state index is -1.88. The van der Waals surface area contributed by atoms with Crippen LogP contribution in [0, 0.1) is 0 Å². The summed E-state index contributed by atoms with van der Waals surface area (Å²) in [5.74, 6) is -1.58. The largest absolute Gasteiger partial charge is 0.445 e. The molecule has 0 aliphatic carbocycles. The van der Waals surface area contributed by atoms with Crippen molar-refractivity contribution in [2.24, 2.45) is 11.5 Å². The second-order valence-corrected chi connectivity index (χ2v) is 7.79. The fourth-order valence-electron chi connectivity index (χ4n) is 3.37. The molecule has 0 radical (unpaired) electrons. The molecule has 33 heavy (non-hydrogen) atoms. The first-order chi connectivity index (χ1) is 15.9. The Morgan fingerprint density at radius 2 is 1.55 bits per heavy atom. The van der Waals surface area contributed by atoms with Crippen LogP contribution >= 0.6 is 0 Å². The Hall–Kier alpha value is -3.91. The number of alkyl carbamates (subject to hydrolysis) is 1. The lowest BCUT2D eigenvalue weighted by molar-refractivity contribution is -0.136. The molecule has 3 rings (SSSR count). The van der Waals surface area contributed by atoms with Gasteiger partial charge in [0.25, 0.3) is 0 Å². The summed E-state index contributed by atoms with van der Waals surface area (Å²) < 4.78 is 5.12. The quantitative estimate of drug-likeness (QED) is 0.279. The van der Waals surface area contributed by atoms with Crippen LogP contribution in [0.3, 0.4) is 0 Å². The molecule has 0 aliphatic heterocycles. The molecule has 0 saturated carbocycles. The number of ether oxygens (including phenoxy) is 1. The average molecular weight is 449 g/mol. The van der Waals surface area contributed by atoms with E-state index in [1.54, 1.807) is 0 Å². The van der Waals surface area contributed by atoms with Gasteiger partial charge in [0.2, 0.25) is 11.8 Å². The molecule has 1 atom stereocenters. The monoisotopic (exact) mass is 448 g/mol. The third kappa shape index (κ3) is 6.54. The van der Waals surface area contributed by atoms with E-state index in [9.17, 15) is 14.4 Å². The zero-order valence-electron chi connectivity index (χ0n) is 18.3. The van der Waals surface area contributed by atoms with Gasteiger partial charge in [-0.15, -0.1) is 0 Å². The van der Waals surface area contributed by atoms with E-state index < -0.39 is 23.4 Å². The summed E-state index contributed by atoms with van der Waals surface area (Å²) in [4.78, 5) is 36.5. The lowest BCUT2D eigenvalue weighted by Gasteiger charge is -2.25. The van der Waals surface area contributed by atoms with Crippen molar-refractivity contribution in [1.29, 1.82) is 0 Å². The molecule has 0 saturated heterocycles. The van der Waals surface area contributed by atoms with Gasteiger partial charge in [0.15, 0.2) is 5.54 Å². The molecule has 3 amide bonds. The van der Waals surface area contributed by atoms with Crippen molar-refractivity contribution in [2.75, 3.05) is 6.54 Å². The van der Waals surface area contributed by atoms with Crippen molar-refractivity contribution in [3.05, 3.63) is 83.9 Å². The predicted molar refractivity (Wildman–Crippen MR) is 126 cm³/mol. The van der Waals surface area contributed by atoms with Crippen LogP contribution in [0.4, 0.5) is 4.79 Å². The van der Waals surface area contributed by atoms with Crippen molar-refractivity contribution in [3.8, 4) is 0 Å². The number of benzene rings is 3. The lowest BCUT2D eigenvalue weighted by Crippen LogP contribution is -2.62. The first-order valence-corrected chi connectivity index (χ1v) is 10.7. The maximum absolute atomic E-state index is 12.7. The van der Waals surface area contributed by atoms with Crippen molar-refractivity contribution in [3.63, 3.8) is 0 Å². The molecule has 0 fully saturated rings. The zero-order chi connectivity index (χ0) is 23.7. The lowest BCUT2D eigenvalue weighted by atomic mass is 9.92. The average Bonchev–Trinajstić information content (AvgIpc) is 2.84. The number of nitrogens with one attached hydrogen (secondary N) is 2. The molecule has 8 nitrogen and oxygen atoms in total. The van der Waals surface area contributed by atoms with Crippen LogP contribution in [0.15, 0.2) is 72.8 Å². The summed E-state index contributed by atoms with van der Waals surface area (Å²) in [6, 6.07) is 23.0. The summed E-state index contributed by atoms with van der Waals surface area (Å²) in [5, 5.41) is 7.41. The van der Waals surface area contributed by atoms with Crippen LogP contribution in [0.1, 0.15) is 24.0 Å². The third-order valence-electron chi connectivity index (χ3n) is 5.34. The number of hydrogen-bond donors (Lipinski definition) is 4. The van der Waals surface area contributed by atoms with E-state index in [4.69, 9.17) is 16.2 Å². The van der Waals surface area contributed by atoms with Crippen LogP contribution in [-0.2, 0) is 27.5 Å². The number of primary amides is 1. The summed E-state index contributed by atoms with van der Waals surface area (Å²) in [5.41, 5.74) is 11.3. The first kappa shape index (κ1) is 23.7. The van der Waals surface area contributed by atoms with E-state index in [0.29, 0.717) is 0 Å². The van der Waals surface area contributed by atoms with Crippen molar-refractivity contribution < 1.29 is 19.1 Å². The van der Waals surface area contributed by atoms with Gasteiger partial charge in [0.1, 0.15) is 6.61 Å². The molecular weight excluding hydrogens is 420 g/mol. The highest BCUT2D eigenvalue weighted by Crippen LogP contribution is 2.16. The third-order valence-corrected chi connectivity index (χ3v) is 5.34. The maximum Gasteiger partial charge on any atom is 0.407 e. The van der Waals surface area contributed by atoms with E-state index in [1.165, 1.54) is 0 Å². The molecule has 8 heteroatoms. The standard InChI is InChI=1S/C25H28N4O4/c26-22(30)25(27,13-6-14-28-24(32)33-17-18-7-2-1-3-8-18)23(31)29-16-19-11-12-20-9-4-5-10-21(20)15-19/h1-5,7-12,15H,6,13-14,16-17,27H2,(H2,26,30)(H,28,32)(H,29,31)/t25-/m0/s1.